The zero-order chi connectivity index (χ0) is 15.4. The number of carbonyl (C=O) groups excluding carboxylic acids is 1. The van der Waals surface area contributed by atoms with Crippen molar-refractivity contribution in [3.63, 3.8) is 0 Å². The lowest BCUT2D eigenvalue weighted by molar-refractivity contribution is -0.149. The van der Waals surface area contributed by atoms with Crippen molar-refractivity contribution in [2.24, 2.45) is 0 Å². The van der Waals surface area contributed by atoms with Crippen LogP contribution >= 0.6 is 23.4 Å². The molecule has 1 heterocycles. The second kappa shape index (κ2) is 7.18. The summed E-state index contributed by atoms with van der Waals surface area (Å²) in [6.45, 7) is 1.97. The molecular weight excluding hydrogens is 310 g/mol. The first-order valence-corrected chi connectivity index (χ1v) is 8.36. The Balaban J connectivity index is 2.04. The van der Waals surface area contributed by atoms with Gasteiger partial charge in [0.1, 0.15) is 6.04 Å². The van der Waals surface area contributed by atoms with Gasteiger partial charge in [-0.3, -0.25) is 4.79 Å². The summed E-state index contributed by atoms with van der Waals surface area (Å²) in [5.41, 5.74) is 0.916. The molecule has 0 aromatic heterocycles. The highest BCUT2D eigenvalue weighted by Crippen LogP contribution is 2.32. The summed E-state index contributed by atoms with van der Waals surface area (Å²) < 4.78 is 0. The Kier molecular flexibility index (Phi) is 5.53. The van der Waals surface area contributed by atoms with E-state index in [1.807, 2.05) is 25.1 Å². The van der Waals surface area contributed by atoms with Gasteiger partial charge in [0.2, 0.25) is 5.91 Å². The van der Waals surface area contributed by atoms with E-state index in [0.717, 1.165) is 12.0 Å². The maximum absolute atomic E-state index is 12.4. The van der Waals surface area contributed by atoms with Crippen molar-refractivity contribution in [3.8, 4) is 0 Å². The van der Waals surface area contributed by atoms with E-state index in [4.69, 9.17) is 11.6 Å². The van der Waals surface area contributed by atoms with E-state index in [0.29, 0.717) is 17.2 Å². The molecule has 0 radical (unpaired) electrons. The fraction of sp³-hybridized carbons (Fsp3) is 0.467. The highest BCUT2D eigenvalue weighted by atomic mass is 35.5. The molecule has 1 aliphatic rings. The molecule has 2 rings (SSSR count). The topological polar surface area (TPSA) is 57.6 Å². The first-order valence-electron chi connectivity index (χ1n) is 6.93. The van der Waals surface area contributed by atoms with Gasteiger partial charge in [-0.1, -0.05) is 36.7 Å². The summed E-state index contributed by atoms with van der Waals surface area (Å²) in [4.78, 5) is 25.2. The molecule has 1 aliphatic heterocycles. The lowest BCUT2D eigenvalue weighted by Crippen LogP contribution is -2.45. The fourth-order valence-electron chi connectivity index (χ4n) is 2.47. The molecule has 1 fully saturated rings. The Morgan fingerprint density at radius 1 is 1.43 bits per heavy atom. The van der Waals surface area contributed by atoms with Gasteiger partial charge in [0, 0.05) is 17.2 Å². The lowest BCUT2D eigenvalue weighted by atomic mass is 10.1. The Morgan fingerprint density at radius 2 is 2.14 bits per heavy atom. The standard InChI is InChI=1S/C15H18ClNO3S/c1-2-14-17(12(9-21-14)15(19)20)13(18)8-7-10-5-3-4-6-11(10)16/h3-6,12,14H,2,7-9H2,1H3,(H,19,20). The van der Waals surface area contributed by atoms with Crippen LogP contribution in [0, 0.1) is 0 Å². The maximum Gasteiger partial charge on any atom is 0.327 e. The zero-order valence-electron chi connectivity index (χ0n) is 11.8. The van der Waals surface area contributed by atoms with Gasteiger partial charge in [-0.2, -0.15) is 0 Å². The molecule has 1 N–H and O–H groups in total. The van der Waals surface area contributed by atoms with Crippen molar-refractivity contribution in [1.29, 1.82) is 0 Å². The van der Waals surface area contributed by atoms with Crippen LogP contribution in [0.25, 0.3) is 0 Å². The number of hydrogen-bond acceptors (Lipinski definition) is 3. The van der Waals surface area contributed by atoms with Crippen LogP contribution in [0.15, 0.2) is 24.3 Å². The number of carboxylic acids is 1. The summed E-state index contributed by atoms with van der Waals surface area (Å²) in [6.07, 6.45) is 1.57. The van der Waals surface area contributed by atoms with E-state index in [-0.39, 0.29) is 17.7 Å². The molecule has 4 nitrogen and oxygen atoms in total. The van der Waals surface area contributed by atoms with Crippen molar-refractivity contribution < 1.29 is 14.7 Å². The predicted octanol–water partition coefficient (Wildman–Crippen LogP) is 3.04. The average Bonchev–Trinajstić information content (AvgIpc) is 2.90. The molecule has 2 atom stereocenters. The average molecular weight is 328 g/mol. The second-order valence-electron chi connectivity index (χ2n) is 4.94. The Bertz CT molecular complexity index is 537. The van der Waals surface area contributed by atoms with Gasteiger partial charge in [-0.15, -0.1) is 11.8 Å². The minimum Gasteiger partial charge on any atom is -0.480 e. The van der Waals surface area contributed by atoms with Gasteiger partial charge in [0.25, 0.3) is 0 Å². The van der Waals surface area contributed by atoms with Crippen LogP contribution in [0.4, 0.5) is 0 Å². The molecule has 6 heteroatoms. The molecule has 2 unspecified atom stereocenters. The number of carboxylic acid groups (broad SMARTS) is 1. The van der Waals surface area contributed by atoms with E-state index in [1.54, 1.807) is 6.07 Å². The monoisotopic (exact) mass is 327 g/mol. The largest absolute Gasteiger partial charge is 0.480 e. The van der Waals surface area contributed by atoms with Gasteiger partial charge in [0.05, 0.1) is 5.37 Å². The number of benzene rings is 1. The third-order valence-corrected chi connectivity index (χ3v) is 5.40. The molecule has 0 saturated carbocycles. The van der Waals surface area contributed by atoms with E-state index in [1.165, 1.54) is 16.7 Å². The number of halogens is 1. The summed E-state index contributed by atoms with van der Waals surface area (Å²) in [7, 11) is 0. The molecular formula is C15H18ClNO3S. The highest BCUT2D eigenvalue weighted by molar-refractivity contribution is 8.00. The number of nitrogens with zero attached hydrogens (tertiary/aromatic N) is 1. The van der Waals surface area contributed by atoms with Gasteiger partial charge in [-0.05, 0) is 24.5 Å². The van der Waals surface area contributed by atoms with E-state index < -0.39 is 12.0 Å². The Hall–Kier alpha value is -1.20. The molecule has 1 amide bonds. The van der Waals surface area contributed by atoms with Crippen LogP contribution in [0.5, 0.6) is 0 Å². The molecule has 114 valence electrons. The maximum atomic E-state index is 12.4. The molecule has 1 aromatic rings. The van der Waals surface area contributed by atoms with Crippen molar-refractivity contribution in [1.82, 2.24) is 4.90 Å². The Labute approximate surface area is 133 Å². The first-order chi connectivity index (χ1) is 10.0. The van der Waals surface area contributed by atoms with E-state index >= 15 is 0 Å². The zero-order valence-corrected chi connectivity index (χ0v) is 13.4. The van der Waals surface area contributed by atoms with E-state index in [2.05, 4.69) is 0 Å². The van der Waals surface area contributed by atoms with Crippen LogP contribution in [-0.2, 0) is 16.0 Å². The smallest absolute Gasteiger partial charge is 0.327 e. The SMILES string of the molecule is CCC1SCC(C(=O)O)N1C(=O)CCc1ccccc1Cl. The minimum absolute atomic E-state index is 0.0372. The third-order valence-electron chi connectivity index (χ3n) is 3.58. The number of rotatable bonds is 5. The number of aliphatic carboxylic acids is 1. The number of thioether (sulfide) groups is 1. The third kappa shape index (κ3) is 3.71. The van der Waals surface area contributed by atoms with Crippen LogP contribution < -0.4 is 0 Å². The normalized spacial score (nSPS) is 21.5. The molecule has 1 saturated heterocycles. The van der Waals surface area contributed by atoms with Crippen LogP contribution in [0.1, 0.15) is 25.3 Å². The van der Waals surface area contributed by atoms with E-state index in [9.17, 15) is 14.7 Å². The van der Waals surface area contributed by atoms with Gasteiger partial charge in [-0.25, -0.2) is 4.79 Å². The quantitative estimate of drug-likeness (QED) is 0.903. The molecule has 21 heavy (non-hydrogen) atoms. The molecule has 0 bridgehead atoms. The number of aryl methyl sites for hydroxylation is 1. The van der Waals surface area contributed by atoms with Gasteiger partial charge < -0.3 is 10.0 Å². The van der Waals surface area contributed by atoms with Crippen LogP contribution in [0.3, 0.4) is 0 Å². The van der Waals surface area contributed by atoms with Crippen LogP contribution in [-0.4, -0.2) is 39.1 Å². The highest BCUT2D eigenvalue weighted by Gasteiger charge is 2.40. The lowest BCUT2D eigenvalue weighted by Gasteiger charge is -2.26. The molecule has 0 aliphatic carbocycles. The summed E-state index contributed by atoms with van der Waals surface area (Å²) in [5.74, 6) is -0.574. The van der Waals surface area contributed by atoms with Crippen LogP contribution in [0.2, 0.25) is 5.02 Å². The van der Waals surface area contributed by atoms with Gasteiger partial charge >= 0.3 is 5.97 Å². The Morgan fingerprint density at radius 3 is 2.76 bits per heavy atom. The van der Waals surface area contributed by atoms with Crippen molar-refractivity contribution >= 4 is 35.2 Å². The number of amides is 1. The summed E-state index contributed by atoms with van der Waals surface area (Å²) in [5, 5.41) is 9.85. The summed E-state index contributed by atoms with van der Waals surface area (Å²) in [6, 6.07) is 6.70. The first kappa shape index (κ1) is 16.2. The summed E-state index contributed by atoms with van der Waals surface area (Å²) >= 11 is 7.62. The van der Waals surface area contributed by atoms with Gasteiger partial charge in [0.15, 0.2) is 0 Å². The van der Waals surface area contributed by atoms with Crippen molar-refractivity contribution in [3.05, 3.63) is 34.9 Å². The number of hydrogen-bond donors (Lipinski definition) is 1. The molecule has 1 aromatic carbocycles. The van der Waals surface area contributed by atoms with Crippen molar-refractivity contribution in [2.45, 2.75) is 37.6 Å². The molecule has 0 spiro atoms. The minimum atomic E-state index is -0.926. The second-order valence-corrected chi connectivity index (χ2v) is 6.56. The predicted molar refractivity (Wildman–Crippen MR) is 84.6 cm³/mol. The fourth-order valence-corrected chi connectivity index (χ4v) is 4.07. The van der Waals surface area contributed by atoms with Crippen molar-refractivity contribution in [2.75, 3.05) is 5.75 Å². The number of carbonyl (C=O) groups is 2.